The number of aromatic nitrogens is 2. The van der Waals surface area contributed by atoms with Crippen LogP contribution in [0.2, 0.25) is 0 Å². The van der Waals surface area contributed by atoms with Crippen LogP contribution in [0.4, 0.5) is 0 Å². The maximum atomic E-state index is 12.2. The van der Waals surface area contributed by atoms with Gasteiger partial charge >= 0.3 is 5.97 Å². The molecular formula is C11H15N3O3S. The van der Waals surface area contributed by atoms with E-state index in [-0.39, 0.29) is 17.8 Å². The zero-order chi connectivity index (χ0) is 13.1. The first-order valence-electron chi connectivity index (χ1n) is 5.79. The Morgan fingerprint density at radius 3 is 2.89 bits per heavy atom. The number of hydrogen-bond donors (Lipinski definition) is 0. The highest BCUT2D eigenvalue weighted by Gasteiger charge is 2.30. The van der Waals surface area contributed by atoms with Crippen LogP contribution in [0, 0.1) is 12.8 Å². The molecular weight excluding hydrogens is 254 g/mol. The summed E-state index contributed by atoms with van der Waals surface area (Å²) in [5.74, 6) is -0.545. The Labute approximate surface area is 109 Å². The van der Waals surface area contributed by atoms with E-state index in [1.54, 1.807) is 11.8 Å². The van der Waals surface area contributed by atoms with Crippen LogP contribution in [-0.2, 0) is 9.53 Å². The molecule has 98 valence electrons. The first-order chi connectivity index (χ1) is 8.63. The van der Waals surface area contributed by atoms with Crippen LogP contribution < -0.4 is 0 Å². The van der Waals surface area contributed by atoms with Gasteiger partial charge in [0, 0.05) is 13.1 Å². The Kier molecular flexibility index (Phi) is 3.90. The van der Waals surface area contributed by atoms with Crippen molar-refractivity contribution in [3.8, 4) is 0 Å². The van der Waals surface area contributed by atoms with Gasteiger partial charge in [0.2, 0.25) is 0 Å². The lowest BCUT2D eigenvalue weighted by Crippen LogP contribution is -2.42. The molecule has 0 radical (unpaired) electrons. The van der Waals surface area contributed by atoms with Gasteiger partial charge in [-0.1, -0.05) is 4.49 Å². The molecule has 0 spiro atoms. The molecule has 0 saturated carbocycles. The Bertz CT molecular complexity index is 460. The van der Waals surface area contributed by atoms with Gasteiger partial charge in [-0.25, -0.2) is 0 Å². The van der Waals surface area contributed by atoms with Gasteiger partial charge in [-0.3, -0.25) is 9.59 Å². The van der Waals surface area contributed by atoms with Gasteiger partial charge < -0.3 is 9.64 Å². The highest BCUT2D eigenvalue weighted by atomic mass is 32.1. The maximum absolute atomic E-state index is 12.2. The van der Waals surface area contributed by atoms with Gasteiger partial charge in [0.05, 0.1) is 18.7 Å². The third-order valence-electron chi connectivity index (χ3n) is 3.09. The molecule has 1 fully saturated rings. The van der Waals surface area contributed by atoms with Crippen molar-refractivity contribution in [2.24, 2.45) is 5.92 Å². The minimum absolute atomic E-state index is 0.0869. The van der Waals surface area contributed by atoms with Gasteiger partial charge in [-0.05, 0) is 31.3 Å². The highest BCUT2D eigenvalue weighted by molar-refractivity contribution is 7.07. The van der Waals surface area contributed by atoms with Crippen LogP contribution in [-0.4, -0.2) is 46.6 Å². The summed E-state index contributed by atoms with van der Waals surface area (Å²) in [5.41, 5.74) is 0.644. The lowest BCUT2D eigenvalue weighted by atomic mass is 9.98. The highest BCUT2D eigenvalue weighted by Crippen LogP contribution is 2.21. The number of likely N-dealkylation sites (tertiary alicyclic amines) is 1. The third kappa shape index (κ3) is 2.50. The Hall–Kier alpha value is -1.50. The maximum Gasteiger partial charge on any atom is 0.310 e. The summed E-state index contributed by atoms with van der Waals surface area (Å²) in [4.78, 5) is 26.0. The molecule has 7 heteroatoms. The van der Waals surface area contributed by atoms with Crippen LogP contribution in [0.15, 0.2) is 0 Å². The monoisotopic (exact) mass is 269 g/mol. The van der Waals surface area contributed by atoms with Crippen molar-refractivity contribution in [3.05, 3.63) is 10.6 Å². The molecule has 18 heavy (non-hydrogen) atoms. The number of hydrogen-bond acceptors (Lipinski definition) is 6. The average molecular weight is 269 g/mol. The smallest absolute Gasteiger partial charge is 0.310 e. The minimum atomic E-state index is -0.244. The second kappa shape index (κ2) is 5.43. The molecule has 0 aliphatic carbocycles. The Morgan fingerprint density at radius 1 is 1.50 bits per heavy atom. The van der Waals surface area contributed by atoms with Crippen molar-refractivity contribution in [2.45, 2.75) is 19.8 Å². The molecule has 1 aliphatic heterocycles. The van der Waals surface area contributed by atoms with Gasteiger partial charge in [0.25, 0.3) is 5.91 Å². The molecule has 1 saturated heterocycles. The predicted octanol–water partition coefficient (Wildman–Crippen LogP) is 0.872. The first kappa shape index (κ1) is 12.9. The fourth-order valence-corrected chi connectivity index (χ4v) is 2.72. The fourth-order valence-electron chi connectivity index (χ4n) is 2.09. The summed E-state index contributed by atoms with van der Waals surface area (Å²) in [6.07, 6.45) is 1.59. The second-order valence-electron chi connectivity index (χ2n) is 4.30. The van der Waals surface area contributed by atoms with Crippen molar-refractivity contribution in [3.63, 3.8) is 0 Å². The van der Waals surface area contributed by atoms with E-state index < -0.39 is 0 Å². The second-order valence-corrected chi connectivity index (χ2v) is 5.06. The molecule has 6 nitrogen and oxygen atoms in total. The molecule has 1 aromatic heterocycles. The zero-order valence-electron chi connectivity index (χ0n) is 10.4. The number of rotatable bonds is 2. The molecule has 0 N–H and O–H groups in total. The minimum Gasteiger partial charge on any atom is -0.469 e. The van der Waals surface area contributed by atoms with E-state index in [1.165, 1.54) is 7.11 Å². The SMILES string of the molecule is COC(=O)[C@H]1CCCN(C(=O)c2snnc2C)C1. The lowest BCUT2D eigenvalue weighted by molar-refractivity contribution is -0.146. The van der Waals surface area contributed by atoms with Crippen LogP contribution in [0.3, 0.4) is 0 Å². The fraction of sp³-hybridized carbons (Fsp3) is 0.636. The molecule has 0 aromatic carbocycles. The number of esters is 1. The topological polar surface area (TPSA) is 72.4 Å². The molecule has 1 amide bonds. The predicted molar refractivity (Wildman–Crippen MR) is 65.3 cm³/mol. The molecule has 0 bridgehead atoms. The summed E-state index contributed by atoms with van der Waals surface area (Å²) < 4.78 is 8.49. The van der Waals surface area contributed by atoms with E-state index in [0.717, 1.165) is 24.4 Å². The number of amides is 1. The normalized spacial score (nSPS) is 19.7. The van der Waals surface area contributed by atoms with Gasteiger partial charge in [-0.15, -0.1) is 5.10 Å². The van der Waals surface area contributed by atoms with Crippen LogP contribution >= 0.6 is 11.5 Å². The van der Waals surface area contributed by atoms with Crippen LogP contribution in [0.25, 0.3) is 0 Å². The van der Waals surface area contributed by atoms with Crippen LogP contribution in [0.5, 0.6) is 0 Å². The van der Waals surface area contributed by atoms with Gasteiger partial charge in [-0.2, -0.15) is 0 Å². The number of nitrogens with zero attached hydrogens (tertiary/aromatic N) is 3. The summed E-state index contributed by atoms with van der Waals surface area (Å²) in [5, 5.41) is 3.83. The number of piperidine rings is 1. The van der Waals surface area contributed by atoms with Crippen LogP contribution in [0.1, 0.15) is 28.2 Å². The number of methoxy groups -OCH3 is 1. The van der Waals surface area contributed by atoms with Crippen molar-refractivity contribution >= 4 is 23.4 Å². The molecule has 2 rings (SSSR count). The van der Waals surface area contributed by atoms with Gasteiger partial charge in [0.15, 0.2) is 0 Å². The third-order valence-corrected chi connectivity index (χ3v) is 3.90. The van der Waals surface area contributed by atoms with E-state index in [4.69, 9.17) is 4.74 Å². The Balaban J connectivity index is 2.07. The standard InChI is InChI=1S/C11H15N3O3S/c1-7-9(18-13-12-7)10(15)14-5-3-4-8(6-14)11(16)17-2/h8H,3-6H2,1-2H3/t8-/m0/s1. The molecule has 1 aromatic rings. The van der Waals surface area contributed by atoms with E-state index >= 15 is 0 Å². The van der Waals surface area contributed by atoms with E-state index in [9.17, 15) is 9.59 Å². The summed E-state index contributed by atoms with van der Waals surface area (Å²) in [6, 6.07) is 0. The van der Waals surface area contributed by atoms with Crippen molar-refractivity contribution in [1.29, 1.82) is 0 Å². The molecule has 2 heterocycles. The molecule has 1 atom stereocenters. The van der Waals surface area contributed by atoms with E-state index in [2.05, 4.69) is 9.59 Å². The summed E-state index contributed by atoms with van der Waals surface area (Å²) in [6.45, 7) is 2.85. The van der Waals surface area contributed by atoms with E-state index in [1.807, 2.05) is 0 Å². The lowest BCUT2D eigenvalue weighted by Gasteiger charge is -2.30. The number of aryl methyl sites for hydroxylation is 1. The van der Waals surface area contributed by atoms with Gasteiger partial charge in [0.1, 0.15) is 4.88 Å². The first-order valence-corrected chi connectivity index (χ1v) is 6.57. The van der Waals surface area contributed by atoms with Crippen molar-refractivity contribution in [2.75, 3.05) is 20.2 Å². The largest absolute Gasteiger partial charge is 0.469 e. The average Bonchev–Trinajstić information content (AvgIpc) is 2.83. The summed E-state index contributed by atoms with van der Waals surface area (Å²) >= 11 is 1.10. The molecule has 0 unspecified atom stereocenters. The number of carbonyl (C=O) groups excluding carboxylic acids is 2. The molecule has 1 aliphatic rings. The quantitative estimate of drug-likeness (QED) is 0.745. The zero-order valence-corrected chi connectivity index (χ0v) is 11.2. The van der Waals surface area contributed by atoms with Crippen molar-refractivity contribution < 1.29 is 14.3 Å². The Morgan fingerprint density at radius 2 is 2.28 bits per heavy atom. The van der Waals surface area contributed by atoms with Crippen molar-refractivity contribution in [1.82, 2.24) is 14.5 Å². The summed E-state index contributed by atoms with van der Waals surface area (Å²) in [7, 11) is 1.38. The number of carbonyl (C=O) groups is 2. The number of ether oxygens (including phenoxy) is 1. The van der Waals surface area contributed by atoms with E-state index in [0.29, 0.717) is 23.7 Å².